The van der Waals surface area contributed by atoms with Crippen molar-refractivity contribution in [1.29, 1.82) is 0 Å². The van der Waals surface area contributed by atoms with Crippen LogP contribution in [0.5, 0.6) is 0 Å². The average molecular weight is 410 g/mol. The Hall–Kier alpha value is -3.06. The van der Waals surface area contributed by atoms with Crippen molar-refractivity contribution in [1.82, 2.24) is 4.98 Å². The molecule has 1 N–H and O–H groups in total. The Kier molecular flexibility index (Phi) is 7.08. The maximum absolute atomic E-state index is 12.1. The number of carbonyl (C=O) groups excluding carboxylic acids is 3. The molecule has 3 rings (SSSR count). The van der Waals surface area contributed by atoms with Crippen LogP contribution >= 0.6 is 11.3 Å². The number of Topliss-reactive ketones (excluding diaryl/α,β-unsaturated/α-hetero) is 1. The third-order valence-corrected chi connectivity index (χ3v) is 5.35. The highest BCUT2D eigenvalue weighted by Crippen LogP contribution is 2.22. The second kappa shape index (κ2) is 9.93. The molecule has 0 aliphatic heterocycles. The number of ether oxygens (including phenoxy) is 1. The van der Waals surface area contributed by atoms with E-state index in [1.165, 1.54) is 11.6 Å². The molecule has 0 radical (unpaired) electrons. The summed E-state index contributed by atoms with van der Waals surface area (Å²) >= 11 is 1.68. The minimum absolute atomic E-state index is 0.179. The Morgan fingerprint density at radius 1 is 1.03 bits per heavy atom. The SMILES string of the molecule is CC(=O)Nc1ccc(C(=O)COC(=O)CCCCc2nc3ccccc3s2)cc1. The third-order valence-electron chi connectivity index (χ3n) is 4.25. The number of ketones is 1. The number of carbonyl (C=O) groups is 3. The number of esters is 1. The molecule has 7 heteroatoms. The van der Waals surface area contributed by atoms with Gasteiger partial charge in [0, 0.05) is 24.6 Å². The van der Waals surface area contributed by atoms with E-state index in [0.29, 0.717) is 17.7 Å². The third kappa shape index (κ3) is 6.22. The smallest absolute Gasteiger partial charge is 0.306 e. The Labute approximate surface area is 172 Å². The minimum Gasteiger partial charge on any atom is -0.457 e. The summed E-state index contributed by atoms with van der Waals surface area (Å²) in [5, 5.41) is 3.70. The first-order valence-corrected chi connectivity index (χ1v) is 10.2. The van der Waals surface area contributed by atoms with Crippen LogP contribution in [0.25, 0.3) is 10.2 Å². The maximum Gasteiger partial charge on any atom is 0.306 e. The van der Waals surface area contributed by atoms with Gasteiger partial charge >= 0.3 is 5.97 Å². The van der Waals surface area contributed by atoms with Crippen LogP contribution in [0.2, 0.25) is 0 Å². The lowest BCUT2D eigenvalue weighted by Crippen LogP contribution is -2.14. The van der Waals surface area contributed by atoms with E-state index in [9.17, 15) is 14.4 Å². The molecular weight excluding hydrogens is 388 g/mol. The van der Waals surface area contributed by atoms with Gasteiger partial charge in [0.25, 0.3) is 0 Å². The number of nitrogens with one attached hydrogen (secondary N) is 1. The lowest BCUT2D eigenvalue weighted by atomic mass is 10.1. The van der Waals surface area contributed by atoms with E-state index >= 15 is 0 Å². The van der Waals surface area contributed by atoms with Crippen LogP contribution in [0.1, 0.15) is 41.6 Å². The number of hydrogen-bond acceptors (Lipinski definition) is 6. The zero-order chi connectivity index (χ0) is 20.6. The molecule has 0 spiro atoms. The number of fused-ring (bicyclic) bond motifs is 1. The molecule has 0 saturated heterocycles. The molecule has 0 saturated carbocycles. The van der Waals surface area contributed by atoms with E-state index in [1.807, 2.05) is 18.2 Å². The minimum atomic E-state index is -0.377. The molecule has 6 nitrogen and oxygen atoms in total. The summed E-state index contributed by atoms with van der Waals surface area (Å²) < 4.78 is 6.25. The van der Waals surface area contributed by atoms with E-state index in [-0.39, 0.29) is 30.7 Å². The van der Waals surface area contributed by atoms with Crippen molar-refractivity contribution in [2.75, 3.05) is 11.9 Å². The van der Waals surface area contributed by atoms with Crippen molar-refractivity contribution in [2.45, 2.75) is 32.6 Å². The van der Waals surface area contributed by atoms with Gasteiger partial charge in [-0.15, -0.1) is 11.3 Å². The van der Waals surface area contributed by atoms with Crippen LogP contribution in [0.3, 0.4) is 0 Å². The van der Waals surface area contributed by atoms with Crippen molar-refractivity contribution in [3.63, 3.8) is 0 Å². The molecule has 0 bridgehead atoms. The summed E-state index contributed by atoms with van der Waals surface area (Å²) in [6.45, 7) is 1.13. The van der Waals surface area contributed by atoms with Gasteiger partial charge in [0.15, 0.2) is 12.4 Å². The van der Waals surface area contributed by atoms with Crippen molar-refractivity contribution >= 4 is 44.9 Å². The predicted molar refractivity (Wildman–Crippen MR) is 113 cm³/mol. The van der Waals surface area contributed by atoms with Crippen molar-refractivity contribution in [2.24, 2.45) is 0 Å². The van der Waals surface area contributed by atoms with Gasteiger partial charge in [0.1, 0.15) is 0 Å². The van der Waals surface area contributed by atoms with E-state index in [2.05, 4.69) is 16.4 Å². The summed E-state index contributed by atoms with van der Waals surface area (Å²) in [6.07, 6.45) is 2.63. The molecule has 1 heterocycles. The van der Waals surface area contributed by atoms with Crippen molar-refractivity contribution in [3.8, 4) is 0 Å². The summed E-state index contributed by atoms with van der Waals surface area (Å²) in [5.74, 6) is -0.833. The number of thiazole rings is 1. The zero-order valence-electron chi connectivity index (χ0n) is 16.1. The number of hydrogen-bond donors (Lipinski definition) is 1. The standard InChI is InChI=1S/C22H22N2O4S/c1-15(25)23-17-12-10-16(11-13-17)19(26)14-28-22(27)9-5-4-8-21-24-18-6-2-3-7-20(18)29-21/h2-3,6-7,10-13H,4-5,8-9,14H2,1H3,(H,23,25). The zero-order valence-corrected chi connectivity index (χ0v) is 17.0. The van der Waals surface area contributed by atoms with Crippen LogP contribution < -0.4 is 5.32 Å². The van der Waals surface area contributed by atoms with Gasteiger partial charge in [0.05, 0.1) is 15.2 Å². The predicted octanol–water partition coefficient (Wildman–Crippen LogP) is 4.39. The van der Waals surface area contributed by atoms with Crippen LogP contribution in [-0.4, -0.2) is 29.3 Å². The van der Waals surface area contributed by atoms with Crippen molar-refractivity contribution < 1.29 is 19.1 Å². The van der Waals surface area contributed by atoms with Crippen LogP contribution in [0.15, 0.2) is 48.5 Å². The summed E-state index contributed by atoms with van der Waals surface area (Å²) in [5.41, 5.74) is 2.05. The summed E-state index contributed by atoms with van der Waals surface area (Å²) in [6, 6.07) is 14.5. The number of aryl methyl sites for hydroxylation is 1. The van der Waals surface area contributed by atoms with E-state index < -0.39 is 0 Å². The van der Waals surface area contributed by atoms with Gasteiger partial charge < -0.3 is 10.1 Å². The molecule has 0 aliphatic carbocycles. The Balaban J connectivity index is 1.36. The molecule has 0 unspecified atom stereocenters. The lowest BCUT2D eigenvalue weighted by Gasteiger charge is -2.06. The van der Waals surface area contributed by atoms with Crippen LogP contribution in [-0.2, 0) is 20.7 Å². The molecule has 3 aromatic rings. The first kappa shape index (κ1) is 20.7. The number of aromatic nitrogens is 1. The molecule has 0 fully saturated rings. The number of para-hydroxylation sites is 1. The van der Waals surface area contributed by atoms with Gasteiger partial charge in [-0.3, -0.25) is 14.4 Å². The molecule has 0 aliphatic rings. The molecule has 1 amide bonds. The molecule has 29 heavy (non-hydrogen) atoms. The number of amides is 1. The van der Waals surface area contributed by atoms with E-state index in [4.69, 9.17) is 4.74 Å². The topological polar surface area (TPSA) is 85.4 Å². The summed E-state index contributed by atoms with van der Waals surface area (Å²) in [7, 11) is 0. The monoisotopic (exact) mass is 410 g/mol. The second-order valence-electron chi connectivity index (χ2n) is 6.62. The molecule has 2 aromatic carbocycles. The largest absolute Gasteiger partial charge is 0.457 e. The van der Waals surface area contributed by atoms with Gasteiger partial charge in [-0.05, 0) is 55.7 Å². The fraction of sp³-hybridized carbons (Fsp3) is 0.273. The molecular formula is C22H22N2O4S. The highest BCUT2D eigenvalue weighted by Gasteiger charge is 2.11. The molecule has 0 atom stereocenters. The number of benzene rings is 2. The van der Waals surface area contributed by atoms with Gasteiger partial charge in [-0.1, -0.05) is 12.1 Å². The first-order chi connectivity index (χ1) is 14.0. The fourth-order valence-electron chi connectivity index (χ4n) is 2.82. The maximum atomic E-state index is 12.1. The lowest BCUT2D eigenvalue weighted by molar-refractivity contribution is -0.142. The number of rotatable bonds is 9. The molecule has 150 valence electrons. The number of anilines is 1. The summed E-state index contributed by atoms with van der Waals surface area (Å²) in [4.78, 5) is 39.6. The second-order valence-corrected chi connectivity index (χ2v) is 7.74. The van der Waals surface area contributed by atoms with E-state index in [0.717, 1.165) is 23.4 Å². The Morgan fingerprint density at radius 3 is 2.52 bits per heavy atom. The number of unbranched alkanes of at least 4 members (excludes halogenated alkanes) is 1. The van der Waals surface area contributed by atoms with Gasteiger partial charge in [-0.2, -0.15) is 0 Å². The molecule has 1 aromatic heterocycles. The normalized spacial score (nSPS) is 10.7. The first-order valence-electron chi connectivity index (χ1n) is 9.42. The van der Waals surface area contributed by atoms with Crippen molar-refractivity contribution in [3.05, 3.63) is 59.1 Å². The highest BCUT2D eigenvalue weighted by molar-refractivity contribution is 7.18. The van der Waals surface area contributed by atoms with Crippen LogP contribution in [0.4, 0.5) is 5.69 Å². The Morgan fingerprint density at radius 2 is 1.79 bits per heavy atom. The van der Waals surface area contributed by atoms with Gasteiger partial charge in [0.2, 0.25) is 5.91 Å². The van der Waals surface area contributed by atoms with E-state index in [1.54, 1.807) is 35.6 Å². The van der Waals surface area contributed by atoms with Gasteiger partial charge in [-0.25, -0.2) is 4.98 Å². The number of nitrogens with zero attached hydrogens (tertiary/aromatic N) is 1. The Bertz CT molecular complexity index is 978. The fourth-order valence-corrected chi connectivity index (χ4v) is 3.83. The van der Waals surface area contributed by atoms with Crippen LogP contribution in [0, 0.1) is 0 Å². The quantitative estimate of drug-likeness (QED) is 0.321. The average Bonchev–Trinajstić information content (AvgIpc) is 3.12. The highest BCUT2D eigenvalue weighted by atomic mass is 32.1.